The molecule has 0 aliphatic heterocycles. The molecule has 0 bridgehead atoms. The Kier molecular flexibility index (Phi) is 6.07. The lowest BCUT2D eigenvalue weighted by Gasteiger charge is -2.20. The van der Waals surface area contributed by atoms with Gasteiger partial charge in [-0.05, 0) is 37.9 Å². The van der Waals surface area contributed by atoms with E-state index < -0.39 is 0 Å². The Morgan fingerprint density at radius 1 is 1.30 bits per heavy atom. The average molecular weight is 307 g/mol. The fraction of sp³-hybridized carbons (Fsp3) is 0.438. The van der Waals surface area contributed by atoms with Gasteiger partial charge in [0.2, 0.25) is 0 Å². The molecule has 1 aromatic heterocycles. The molecule has 2 nitrogen and oxygen atoms in total. The number of aromatic nitrogens is 1. The molecule has 1 atom stereocenters. The van der Waals surface area contributed by atoms with Crippen molar-refractivity contribution in [2.24, 2.45) is 0 Å². The van der Waals surface area contributed by atoms with Gasteiger partial charge in [-0.15, -0.1) is 11.3 Å². The van der Waals surface area contributed by atoms with Crippen molar-refractivity contribution in [3.63, 3.8) is 0 Å². The summed E-state index contributed by atoms with van der Waals surface area (Å²) in [5.41, 5.74) is 3.88. The summed E-state index contributed by atoms with van der Waals surface area (Å²) in [6, 6.07) is 9.05. The molecule has 0 spiro atoms. The second kappa shape index (κ2) is 7.81. The minimum Gasteiger partial charge on any atom is -0.309 e. The number of hydrogen-bond donors (Lipinski definition) is 1. The second-order valence-electron chi connectivity index (χ2n) is 4.93. The van der Waals surface area contributed by atoms with Gasteiger partial charge < -0.3 is 5.32 Å². The zero-order valence-corrected chi connectivity index (χ0v) is 14.0. The molecular weight excluding hydrogens is 284 g/mol. The van der Waals surface area contributed by atoms with Crippen molar-refractivity contribution in [3.05, 3.63) is 46.5 Å². The van der Waals surface area contributed by atoms with E-state index in [2.05, 4.69) is 60.7 Å². The third-order valence-electron chi connectivity index (χ3n) is 3.18. The first-order chi connectivity index (χ1) is 9.70. The van der Waals surface area contributed by atoms with Gasteiger partial charge in [0.1, 0.15) is 4.34 Å². The van der Waals surface area contributed by atoms with Gasteiger partial charge in [0.15, 0.2) is 0 Å². The fourth-order valence-electron chi connectivity index (χ4n) is 2.11. The monoisotopic (exact) mass is 306 g/mol. The van der Waals surface area contributed by atoms with Crippen molar-refractivity contribution in [2.45, 2.75) is 37.6 Å². The Hall–Kier alpha value is -0.840. The Labute approximate surface area is 130 Å². The van der Waals surface area contributed by atoms with Crippen LogP contribution in [-0.4, -0.2) is 17.3 Å². The Morgan fingerprint density at radius 2 is 2.10 bits per heavy atom. The third kappa shape index (κ3) is 4.33. The summed E-state index contributed by atoms with van der Waals surface area (Å²) >= 11 is 3.59. The van der Waals surface area contributed by atoms with Crippen LogP contribution in [0.5, 0.6) is 0 Å². The number of thiazole rings is 1. The molecule has 1 heterocycles. The van der Waals surface area contributed by atoms with E-state index in [1.54, 1.807) is 11.3 Å². The van der Waals surface area contributed by atoms with Gasteiger partial charge in [0.05, 0.1) is 0 Å². The first-order valence-electron chi connectivity index (χ1n) is 7.04. The second-order valence-corrected chi connectivity index (χ2v) is 7.05. The molecule has 108 valence electrons. The van der Waals surface area contributed by atoms with Crippen molar-refractivity contribution < 1.29 is 0 Å². The molecule has 0 saturated carbocycles. The zero-order valence-electron chi connectivity index (χ0n) is 12.3. The lowest BCUT2D eigenvalue weighted by atomic mass is 10.0. The van der Waals surface area contributed by atoms with Crippen molar-refractivity contribution in [2.75, 3.05) is 12.3 Å². The van der Waals surface area contributed by atoms with E-state index >= 15 is 0 Å². The van der Waals surface area contributed by atoms with Crippen LogP contribution in [0.4, 0.5) is 0 Å². The number of hydrogen-bond acceptors (Lipinski definition) is 4. The van der Waals surface area contributed by atoms with Crippen LogP contribution in [0.2, 0.25) is 0 Å². The van der Waals surface area contributed by atoms with E-state index in [-0.39, 0.29) is 0 Å². The molecule has 0 aliphatic rings. The lowest BCUT2D eigenvalue weighted by Crippen LogP contribution is -2.24. The number of thioether (sulfide) groups is 1. The van der Waals surface area contributed by atoms with Gasteiger partial charge in [-0.2, -0.15) is 0 Å². The highest BCUT2D eigenvalue weighted by Crippen LogP contribution is 2.28. The highest BCUT2D eigenvalue weighted by atomic mass is 32.2. The summed E-state index contributed by atoms with van der Waals surface area (Å²) in [5.74, 6) is 1.03. The molecule has 0 radical (unpaired) electrons. The van der Waals surface area contributed by atoms with Gasteiger partial charge in [-0.25, -0.2) is 4.98 Å². The molecule has 1 unspecified atom stereocenters. The van der Waals surface area contributed by atoms with Crippen LogP contribution < -0.4 is 5.32 Å². The molecular formula is C16H22N2S2. The van der Waals surface area contributed by atoms with Gasteiger partial charge in [-0.1, -0.05) is 43.0 Å². The maximum atomic E-state index is 4.53. The Morgan fingerprint density at radius 3 is 2.75 bits per heavy atom. The van der Waals surface area contributed by atoms with E-state index in [9.17, 15) is 0 Å². The van der Waals surface area contributed by atoms with E-state index in [1.165, 1.54) is 15.5 Å². The summed E-state index contributed by atoms with van der Waals surface area (Å²) < 4.78 is 1.17. The predicted molar refractivity (Wildman–Crippen MR) is 89.8 cm³/mol. The quantitative estimate of drug-likeness (QED) is 0.757. The normalized spacial score (nSPS) is 12.6. The molecule has 1 N–H and O–H groups in total. The van der Waals surface area contributed by atoms with Crippen molar-refractivity contribution in [1.29, 1.82) is 0 Å². The zero-order chi connectivity index (χ0) is 14.4. The average Bonchev–Trinajstić information content (AvgIpc) is 2.86. The third-order valence-corrected chi connectivity index (χ3v) is 5.41. The molecule has 20 heavy (non-hydrogen) atoms. The number of nitrogens with zero attached hydrogens (tertiary/aromatic N) is 1. The van der Waals surface area contributed by atoms with Gasteiger partial charge in [0.25, 0.3) is 0 Å². The molecule has 0 amide bonds. The smallest absolute Gasteiger partial charge is 0.150 e. The van der Waals surface area contributed by atoms with E-state index in [0.29, 0.717) is 6.04 Å². The van der Waals surface area contributed by atoms with Crippen LogP contribution in [0.3, 0.4) is 0 Å². The van der Waals surface area contributed by atoms with Gasteiger partial charge in [-0.3, -0.25) is 0 Å². The summed E-state index contributed by atoms with van der Waals surface area (Å²) in [6.07, 6.45) is 1.16. The van der Waals surface area contributed by atoms with Crippen molar-refractivity contribution in [1.82, 2.24) is 10.3 Å². The highest BCUT2D eigenvalue weighted by Gasteiger charge is 2.14. The van der Waals surface area contributed by atoms with E-state index in [1.807, 2.05) is 11.8 Å². The number of aryl methyl sites for hydroxylation is 2. The Bertz CT molecular complexity index is 537. The van der Waals surface area contributed by atoms with E-state index in [4.69, 9.17) is 0 Å². The van der Waals surface area contributed by atoms with Crippen LogP contribution >= 0.6 is 23.1 Å². The SMILES string of the molecule is CCCNC(CSc1nc(C)cs1)c1ccccc1C. The molecule has 0 fully saturated rings. The number of nitrogens with one attached hydrogen (secondary N) is 1. The van der Waals surface area contributed by atoms with Crippen molar-refractivity contribution >= 4 is 23.1 Å². The maximum absolute atomic E-state index is 4.53. The summed E-state index contributed by atoms with van der Waals surface area (Å²) in [5, 5.41) is 5.78. The van der Waals surface area contributed by atoms with Crippen molar-refractivity contribution in [3.8, 4) is 0 Å². The number of benzene rings is 1. The molecule has 4 heteroatoms. The van der Waals surface area contributed by atoms with Crippen LogP contribution in [0.1, 0.15) is 36.2 Å². The summed E-state index contributed by atoms with van der Waals surface area (Å²) in [6.45, 7) is 7.50. The fourth-order valence-corrected chi connectivity index (χ4v) is 4.06. The highest BCUT2D eigenvalue weighted by molar-refractivity contribution is 8.01. The largest absolute Gasteiger partial charge is 0.309 e. The first kappa shape index (κ1) is 15.5. The summed E-state index contributed by atoms with van der Waals surface area (Å²) in [7, 11) is 0. The number of rotatable bonds is 7. The first-order valence-corrected chi connectivity index (χ1v) is 8.91. The van der Waals surface area contributed by atoms with Crippen LogP contribution in [-0.2, 0) is 0 Å². The molecule has 2 rings (SSSR count). The molecule has 0 saturated heterocycles. The molecule has 1 aromatic carbocycles. The van der Waals surface area contributed by atoms with Crippen LogP contribution in [0, 0.1) is 13.8 Å². The van der Waals surface area contributed by atoms with Crippen LogP contribution in [0.15, 0.2) is 34.0 Å². The molecule has 0 aliphatic carbocycles. The lowest BCUT2D eigenvalue weighted by molar-refractivity contribution is 0.575. The Balaban J connectivity index is 2.05. The maximum Gasteiger partial charge on any atom is 0.150 e. The standard InChI is InChI=1S/C16H22N2S2/c1-4-9-17-15(14-8-6-5-7-12(14)2)11-20-16-18-13(3)10-19-16/h5-8,10,15,17H,4,9,11H2,1-3H3. The van der Waals surface area contributed by atoms with Crippen LogP contribution in [0.25, 0.3) is 0 Å². The predicted octanol–water partition coefficient (Wildman–Crippen LogP) is 4.59. The topological polar surface area (TPSA) is 24.9 Å². The minimum atomic E-state index is 0.394. The summed E-state index contributed by atoms with van der Waals surface area (Å²) in [4.78, 5) is 4.53. The molecule has 2 aromatic rings. The van der Waals surface area contributed by atoms with Gasteiger partial charge >= 0.3 is 0 Å². The minimum absolute atomic E-state index is 0.394. The van der Waals surface area contributed by atoms with Gasteiger partial charge in [0, 0.05) is 22.9 Å². The van der Waals surface area contributed by atoms with E-state index in [0.717, 1.165) is 24.4 Å².